The summed E-state index contributed by atoms with van der Waals surface area (Å²) in [5.74, 6) is 1.15. The van der Waals surface area contributed by atoms with E-state index in [2.05, 4.69) is 10.3 Å². The minimum Gasteiger partial charge on any atom is -0.448 e. The highest BCUT2D eigenvalue weighted by Gasteiger charge is 2.42. The Hall–Kier alpha value is -1.60. The second kappa shape index (κ2) is 7.96. The van der Waals surface area contributed by atoms with Crippen molar-refractivity contribution >= 4 is 52.3 Å². The molecule has 1 saturated carbocycles. The van der Waals surface area contributed by atoms with Crippen LogP contribution in [0.3, 0.4) is 0 Å². The van der Waals surface area contributed by atoms with Gasteiger partial charge in [-0.15, -0.1) is 36.2 Å². The molecule has 0 aliphatic heterocycles. The van der Waals surface area contributed by atoms with E-state index in [0.29, 0.717) is 24.0 Å². The molecule has 0 saturated heterocycles. The van der Waals surface area contributed by atoms with Gasteiger partial charge in [0.05, 0.1) is 15.8 Å². The Labute approximate surface area is 168 Å². The molecule has 8 heteroatoms. The summed E-state index contributed by atoms with van der Waals surface area (Å²) in [6.45, 7) is 2.43. The molecule has 1 aliphatic rings. The van der Waals surface area contributed by atoms with Crippen LogP contribution in [0.2, 0.25) is 0 Å². The van der Waals surface area contributed by atoms with Crippen LogP contribution in [0.25, 0.3) is 21.0 Å². The van der Waals surface area contributed by atoms with Crippen LogP contribution in [0.15, 0.2) is 40.8 Å². The highest BCUT2D eigenvalue weighted by Crippen LogP contribution is 2.39. The lowest BCUT2D eigenvalue weighted by atomic mass is 9.96. The van der Waals surface area contributed by atoms with E-state index in [1.807, 2.05) is 31.2 Å². The summed E-state index contributed by atoms with van der Waals surface area (Å²) < 4.78 is 6.84. The van der Waals surface area contributed by atoms with Crippen molar-refractivity contribution in [2.24, 2.45) is 11.7 Å². The van der Waals surface area contributed by atoms with E-state index in [9.17, 15) is 4.79 Å². The number of hydrogen-bond donors (Lipinski definition) is 2. The molecule has 0 bridgehead atoms. The Morgan fingerprint density at radius 3 is 2.69 bits per heavy atom. The minimum absolute atomic E-state index is 0. The number of aromatic nitrogens is 1. The number of benzene rings is 1. The first-order valence-electron chi connectivity index (χ1n) is 8.07. The van der Waals surface area contributed by atoms with Gasteiger partial charge in [0.15, 0.2) is 16.5 Å². The number of furan rings is 1. The molecule has 1 atom stereocenters. The third-order valence-corrected chi connectivity index (χ3v) is 5.69. The molecule has 5 nitrogen and oxygen atoms in total. The summed E-state index contributed by atoms with van der Waals surface area (Å²) in [6, 6.07) is 11.4. The van der Waals surface area contributed by atoms with Crippen LogP contribution in [0.4, 0.5) is 0 Å². The topological polar surface area (TPSA) is 81.1 Å². The highest BCUT2D eigenvalue weighted by atomic mass is 35.5. The SMILES string of the molecule is CC(CN)(NC(=O)c1ccc(-c2nc3ccccc3s2)o1)C1CC1.Cl.Cl. The molecule has 1 aromatic carbocycles. The monoisotopic (exact) mass is 413 g/mol. The van der Waals surface area contributed by atoms with Crippen LogP contribution < -0.4 is 11.1 Å². The summed E-state index contributed by atoms with van der Waals surface area (Å²) in [7, 11) is 0. The maximum absolute atomic E-state index is 12.5. The van der Waals surface area contributed by atoms with Gasteiger partial charge in [-0.2, -0.15) is 0 Å². The summed E-state index contributed by atoms with van der Waals surface area (Å²) in [5, 5.41) is 3.81. The van der Waals surface area contributed by atoms with E-state index in [-0.39, 0.29) is 36.3 Å². The largest absolute Gasteiger partial charge is 0.448 e. The fraction of sp³-hybridized carbons (Fsp3) is 0.333. The highest BCUT2D eigenvalue weighted by molar-refractivity contribution is 7.21. The fourth-order valence-corrected chi connectivity index (χ4v) is 3.84. The normalized spacial score (nSPS) is 15.6. The number of carbonyl (C=O) groups excluding carboxylic acids is 1. The van der Waals surface area contributed by atoms with E-state index in [4.69, 9.17) is 10.2 Å². The first-order chi connectivity index (χ1) is 11.6. The summed E-state index contributed by atoms with van der Waals surface area (Å²) in [5.41, 5.74) is 6.43. The van der Waals surface area contributed by atoms with Crippen LogP contribution in [-0.4, -0.2) is 23.0 Å². The van der Waals surface area contributed by atoms with Gasteiger partial charge in [0.25, 0.3) is 5.91 Å². The van der Waals surface area contributed by atoms with E-state index in [0.717, 1.165) is 28.1 Å². The zero-order valence-corrected chi connectivity index (χ0v) is 16.7. The number of nitrogens with zero attached hydrogens (tertiary/aromatic N) is 1. The maximum Gasteiger partial charge on any atom is 0.287 e. The number of rotatable bonds is 5. The first kappa shape index (κ1) is 20.7. The van der Waals surface area contributed by atoms with Gasteiger partial charge in [0.2, 0.25) is 0 Å². The van der Waals surface area contributed by atoms with Crippen molar-refractivity contribution in [3.8, 4) is 10.8 Å². The molecule has 4 rings (SSSR count). The quantitative estimate of drug-likeness (QED) is 0.654. The van der Waals surface area contributed by atoms with E-state index in [1.165, 1.54) is 0 Å². The van der Waals surface area contributed by atoms with Gasteiger partial charge in [0, 0.05) is 6.54 Å². The smallest absolute Gasteiger partial charge is 0.287 e. The number of hydrogen-bond acceptors (Lipinski definition) is 5. The minimum atomic E-state index is -0.361. The van der Waals surface area contributed by atoms with Crippen LogP contribution in [0.5, 0.6) is 0 Å². The second-order valence-electron chi connectivity index (χ2n) is 6.50. The fourth-order valence-electron chi connectivity index (χ4n) is 2.91. The van der Waals surface area contributed by atoms with Crippen molar-refractivity contribution in [3.63, 3.8) is 0 Å². The molecule has 26 heavy (non-hydrogen) atoms. The van der Waals surface area contributed by atoms with Gasteiger partial charge in [-0.3, -0.25) is 4.79 Å². The third kappa shape index (κ3) is 3.88. The molecule has 0 radical (unpaired) electrons. The van der Waals surface area contributed by atoms with Crippen LogP contribution in [-0.2, 0) is 0 Å². The van der Waals surface area contributed by atoms with E-state index >= 15 is 0 Å². The maximum atomic E-state index is 12.5. The molecule has 0 spiro atoms. The number of nitrogens with two attached hydrogens (primary N) is 1. The lowest BCUT2D eigenvalue weighted by Crippen LogP contribution is -2.53. The predicted molar refractivity (Wildman–Crippen MR) is 109 cm³/mol. The van der Waals surface area contributed by atoms with Crippen molar-refractivity contribution in [1.29, 1.82) is 0 Å². The zero-order chi connectivity index (χ0) is 16.7. The molecule has 2 heterocycles. The average molecular weight is 414 g/mol. The molecule has 140 valence electrons. The summed E-state index contributed by atoms with van der Waals surface area (Å²) in [4.78, 5) is 17.0. The van der Waals surface area contributed by atoms with Crippen molar-refractivity contribution in [2.75, 3.05) is 6.54 Å². The number of fused-ring (bicyclic) bond motifs is 1. The molecule has 1 aliphatic carbocycles. The number of para-hydroxylation sites is 1. The lowest BCUT2D eigenvalue weighted by Gasteiger charge is -2.28. The van der Waals surface area contributed by atoms with Crippen molar-refractivity contribution < 1.29 is 9.21 Å². The lowest BCUT2D eigenvalue weighted by molar-refractivity contribution is 0.0870. The summed E-state index contributed by atoms with van der Waals surface area (Å²) >= 11 is 1.55. The zero-order valence-electron chi connectivity index (χ0n) is 14.2. The standard InChI is InChI=1S/C18H19N3O2S.2ClH/c1-18(10-19,11-6-7-11)21-16(22)13-8-9-14(23-13)17-20-12-4-2-3-5-15(12)24-17;;/h2-5,8-9,11H,6-7,10,19H2,1H3,(H,21,22);2*1H. The van der Waals surface area contributed by atoms with Crippen molar-refractivity contribution in [3.05, 3.63) is 42.2 Å². The summed E-state index contributed by atoms with van der Waals surface area (Å²) in [6.07, 6.45) is 2.23. The number of carbonyl (C=O) groups is 1. The van der Waals surface area contributed by atoms with E-state index < -0.39 is 0 Å². The molecule has 2 aromatic heterocycles. The molecule has 3 aromatic rings. The Balaban J connectivity index is 0.00000121. The molecule has 3 N–H and O–H groups in total. The molecular weight excluding hydrogens is 393 g/mol. The number of amides is 1. The van der Waals surface area contributed by atoms with Crippen molar-refractivity contribution in [2.45, 2.75) is 25.3 Å². The Morgan fingerprint density at radius 2 is 2.04 bits per heavy atom. The molecular formula is C18H21Cl2N3O2S. The number of halogens is 2. The number of thiazole rings is 1. The molecule has 1 unspecified atom stereocenters. The molecule has 1 fully saturated rings. The van der Waals surface area contributed by atoms with Crippen molar-refractivity contribution in [1.82, 2.24) is 10.3 Å². The van der Waals surface area contributed by atoms with Gasteiger partial charge in [-0.05, 0) is 49.9 Å². The van der Waals surface area contributed by atoms with Gasteiger partial charge >= 0.3 is 0 Å². The van der Waals surface area contributed by atoms with Gasteiger partial charge in [-0.1, -0.05) is 12.1 Å². The second-order valence-corrected chi connectivity index (χ2v) is 7.53. The Morgan fingerprint density at radius 1 is 1.31 bits per heavy atom. The first-order valence-corrected chi connectivity index (χ1v) is 8.89. The molecule has 1 amide bonds. The predicted octanol–water partition coefficient (Wildman–Crippen LogP) is 4.26. The van der Waals surface area contributed by atoms with Gasteiger partial charge < -0.3 is 15.5 Å². The number of nitrogens with one attached hydrogen (secondary N) is 1. The Bertz CT molecular complexity index is 874. The Kier molecular flexibility index (Phi) is 6.34. The van der Waals surface area contributed by atoms with Gasteiger partial charge in [0.1, 0.15) is 0 Å². The third-order valence-electron chi connectivity index (χ3n) is 4.64. The van der Waals surface area contributed by atoms with Crippen LogP contribution >= 0.6 is 36.2 Å². The van der Waals surface area contributed by atoms with E-state index in [1.54, 1.807) is 23.5 Å². The van der Waals surface area contributed by atoms with Crippen LogP contribution in [0.1, 0.15) is 30.3 Å². The average Bonchev–Trinajstić information content (AvgIpc) is 3.18. The van der Waals surface area contributed by atoms with Gasteiger partial charge in [-0.25, -0.2) is 4.98 Å². The van der Waals surface area contributed by atoms with Crippen LogP contribution in [0, 0.1) is 5.92 Å².